The molecule has 1 aliphatic carbocycles. The number of carbonyl (C=O) groups excluding carboxylic acids is 2. The zero-order valence-electron chi connectivity index (χ0n) is 16.9. The average molecular weight is 406 g/mol. The van der Waals surface area contributed by atoms with Crippen LogP contribution < -0.4 is 16.8 Å². The number of amides is 1. The molecule has 0 heterocycles. The molecule has 0 aromatic heterocycles. The Morgan fingerprint density at radius 1 is 1.17 bits per heavy atom. The first-order chi connectivity index (χ1) is 13.7. The number of hydrogen-bond donors (Lipinski definition) is 4. The van der Waals surface area contributed by atoms with Crippen LogP contribution in [0, 0.1) is 11.8 Å². The number of hydrogen-bond acceptors (Lipinski definition) is 5. The van der Waals surface area contributed by atoms with Gasteiger partial charge in [0.05, 0.1) is 17.9 Å². The van der Waals surface area contributed by atoms with E-state index in [0.29, 0.717) is 30.3 Å². The number of aliphatic imine (C=N–C) groups is 1. The number of esters is 1. The number of rotatable bonds is 6. The van der Waals surface area contributed by atoms with Crippen LogP contribution in [0.25, 0.3) is 0 Å². The van der Waals surface area contributed by atoms with E-state index in [9.17, 15) is 9.59 Å². The van der Waals surface area contributed by atoms with Gasteiger partial charge in [0.2, 0.25) is 5.91 Å². The van der Waals surface area contributed by atoms with Crippen molar-refractivity contribution >= 4 is 29.5 Å². The fourth-order valence-corrected chi connectivity index (χ4v) is 3.06. The van der Waals surface area contributed by atoms with Gasteiger partial charge in [-0.3, -0.25) is 14.6 Å². The second kappa shape index (κ2) is 12.4. The van der Waals surface area contributed by atoms with Crippen molar-refractivity contribution in [3.8, 4) is 0 Å². The lowest BCUT2D eigenvalue weighted by molar-refractivity contribution is -0.134. The Morgan fingerprint density at radius 2 is 1.76 bits per heavy atom. The molecule has 9 nitrogen and oxygen atoms in total. The molecule has 0 spiro atoms. The molecular weight excluding hydrogens is 376 g/mol. The number of nitrogens with zero attached hydrogens (tertiary/aromatic N) is 1. The molecular formula is C20H30N4O5. The number of ether oxygens (including phenoxy) is 1. The van der Waals surface area contributed by atoms with Gasteiger partial charge in [-0.05, 0) is 50.7 Å². The molecule has 0 saturated heterocycles. The molecule has 0 bridgehead atoms. The fourth-order valence-electron chi connectivity index (χ4n) is 3.06. The molecule has 1 aromatic rings. The first-order valence-corrected chi connectivity index (χ1v) is 9.56. The van der Waals surface area contributed by atoms with Crippen LogP contribution in [-0.4, -0.2) is 42.1 Å². The highest BCUT2D eigenvalue weighted by Gasteiger charge is 2.27. The Bertz CT molecular complexity index is 719. The van der Waals surface area contributed by atoms with Gasteiger partial charge in [-0.15, -0.1) is 0 Å². The molecule has 0 atom stereocenters. The minimum absolute atomic E-state index is 0.0583. The molecule has 0 aliphatic heterocycles. The summed E-state index contributed by atoms with van der Waals surface area (Å²) in [5, 5.41) is 10.3. The summed E-state index contributed by atoms with van der Waals surface area (Å²) in [5.74, 6) is -0.865. The van der Waals surface area contributed by atoms with Crippen molar-refractivity contribution in [3.05, 3.63) is 29.8 Å². The third-order valence-electron chi connectivity index (χ3n) is 4.43. The molecule has 1 amide bonds. The summed E-state index contributed by atoms with van der Waals surface area (Å²) >= 11 is 0. The average Bonchev–Trinajstić information content (AvgIpc) is 2.67. The summed E-state index contributed by atoms with van der Waals surface area (Å²) in [6, 6.07) is 6.90. The predicted octanol–water partition coefficient (Wildman–Crippen LogP) is 1.97. The van der Waals surface area contributed by atoms with Crippen molar-refractivity contribution in [2.45, 2.75) is 39.5 Å². The van der Waals surface area contributed by atoms with Crippen molar-refractivity contribution < 1.29 is 24.2 Å². The highest BCUT2D eigenvalue weighted by Crippen LogP contribution is 2.30. The molecule has 1 aliphatic rings. The summed E-state index contributed by atoms with van der Waals surface area (Å²) < 4.78 is 5.03. The van der Waals surface area contributed by atoms with Gasteiger partial charge in [0.1, 0.15) is 0 Å². The van der Waals surface area contributed by atoms with Crippen molar-refractivity contribution in [3.63, 3.8) is 0 Å². The SMILES string of the molecule is CC(=O)O.CCOC(=O)c1ccccc1NC(=O)C1CCC(CN=C(N)N)CC1. The van der Waals surface area contributed by atoms with Gasteiger partial charge in [-0.2, -0.15) is 0 Å². The lowest BCUT2D eigenvalue weighted by atomic mass is 9.81. The van der Waals surface area contributed by atoms with E-state index in [0.717, 1.165) is 32.6 Å². The van der Waals surface area contributed by atoms with E-state index in [4.69, 9.17) is 26.1 Å². The number of carboxylic acids is 1. The van der Waals surface area contributed by atoms with Crippen molar-refractivity contribution in [1.29, 1.82) is 0 Å². The second-order valence-corrected chi connectivity index (χ2v) is 6.76. The Kier molecular flexibility index (Phi) is 10.2. The molecule has 1 saturated carbocycles. The number of nitrogens with two attached hydrogens (primary N) is 2. The number of nitrogens with one attached hydrogen (secondary N) is 1. The molecule has 9 heteroatoms. The van der Waals surface area contributed by atoms with Gasteiger partial charge in [-0.25, -0.2) is 4.79 Å². The van der Waals surface area contributed by atoms with Gasteiger partial charge < -0.3 is 26.6 Å². The number of benzene rings is 1. The minimum atomic E-state index is -0.833. The number of para-hydroxylation sites is 1. The van der Waals surface area contributed by atoms with E-state index < -0.39 is 11.9 Å². The molecule has 6 N–H and O–H groups in total. The summed E-state index contributed by atoms with van der Waals surface area (Å²) in [4.78, 5) is 37.6. The smallest absolute Gasteiger partial charge is 0.340 e. The van der Waals surface area contributed by atoms with Gasteiger partial charge in [0.25, 0.3) is 5.97 Å². The predicted molar refractivity (Wildman–Crippen MR) is 110 cm³/mol. The molecule has 1 aromatic carbocycles. The molecule has 0 radical (unpaired) electrons. The van der Waals surface area contributed by atoms with Crippen molar-refractivity contribution in [2.24, 2.45) is 28.3 Å². The summed E-state index contributed by atoms with van der Waals surface area (Å²) in [5.41, 5.74) is 11.6. The zero-order valence-corrected chi connectivity index (χ0v) is 16.9. The van der Waals surface area contributed by atoms with Crippen molar-refractivity contribution in [1.82, 2.24) is 0 Å². The minimum Gasteiger partial charge on any atom is -0.481 e. The largest absolute Gasteiger partial charge is 0.481 e. The number of guanidine groups is 1. The van der Waals surface area contributed by atoms with E-state index >= 15 is 0 Å². The van der Waals surface area contributed by atoms with Crippen LogP contribution in [0.15, 0.2) is 29.3 Å². The Labute approximate surface area is 170 Å². The number of carboxylic acid groups (broad SMARTS) is 1. The maximum absolute atomic E-state index is 12.5. The van der Waals surface area contributed by atoms with Crippen LogP contribution in [0.4, 0.5) is 5.69 Å². The van der Waals surface area contributed by atoms with Gasteiger partial charge in [0, 0.05) is 19.4 Å². The monoisotopic (exact) mass is 406 g/mol. The third-order valence-corrected chi connectivity index (χ3v) is 4.43. The maximum atomic E-state index is 12.5. The highest BCUT2D eigenvalue weighted by molar-refractivity contribution is 6.01. The van der Waals surface area contributed by atoms with Crippen LogP contribution in [0.3, 0.4) is 0 Å². The second-order valence-electron chi connectivity index (χ2n) is 6.76. The Morgan fingerprint density at radius 3 is 2.31 bits per heavy atom. The van der Waals surface area contributed by atoms with Crippen LogP contribution >= 0.6 is 0 Å². The molecule has 0 unspecified atom stereocenters. The van der Waals surface area contributed by atoms with E-state index in [1.165, 1.54) is 0 Å². The third kappa shape index (κ3) is 9.09. The van der Waals surface area contributed by atoms with Crippen LogP contribution in [0.2, 0.25) is 0 Å². The first-order valence-electron chi connectivity index (χ1n) is 9.56. The number of aliphatic carboxylic acids is 1. The fraction of sp³-hybridized carbons (Fsp3) is 0.500. The normalized spacial score (nSPS) is 17.9. The summed E-state index contributed by atoms with van der Waals surface area (Å²) in [7, 11) is 0. The number of anilines is 1. The highest BCUT2D eigenvalue weighted by atomic mass is 16.5. The maximum Gasteiger partial charge on any atom is 0.340 e. The Balaban J connectivity index is 0.000000960. The molecule has 29 heavy (non-hydrogen) atoms. The van der Waals surface area contributed by atoms with Crippen LogP contribution in [0.5, 0.6) is 0 Å². The quantitative estimate of drug-likeness (QED) is 0.319. The van der Waals surface area contributed by atoms with E-state index in [1.54, 1.807) is 31.2 Å². The first kappa shape index (κ1) is 23.9. The van der Waals surface area contributed by atoms with Crippen LogP contribution in [0.1, 0.15) is 49.9 Å². The summed E-state index contributed by atoms with van der Waals surface area (Å²) in [6.45, 7) is 3.74. The summed E-state index contributed by atoms with van der Waals surface area (Å²) in [6.07, 6.45) is 3.40. The zero-order chi connectivity index (χ0) is 21.8. The molecule has 2 rings (SSSR count). The topological polar surface area (TPSA) is 157 Å². The molecule has 1 fully saturated rings. The lowest BCUT2D eigenvalue weighted by Crippen LogP contribution is -2.29. The van der Waals surface area contributed by atoms with Crippen molar-refractivity contribution in [2.75, 3.05) is 18.5 Å². The Hall–Kier alpha value is -3.10. The van der Waals surface area contributed by atoms with Gasteiger partial charge in [0.15, 0.2) is 5.96 Å². The molecule has 160 valence electrons. The van der Waals surface area contributed by atoms with E-state index in [1.807, 2.05) is 0 Å². The number of carbonyl (C=O) groups is 3. The van der Waals surface area contributed by atoms with E-state index in [2.05, 4.69) is 10.3 Å². The van der Waals surface area contributed by atoms with Gasteiger partial charge in [-0.1, -0.05) is 12.1 Å². The lowest BCUT2D eigenvalue weighted by Gasteiger charge is -2.27. The van der Waals surface area contributed by atoms with E-state index in [-0.39, 0.29) is 17.8 Å². The standard InChI is InChI=1S/C18H26N4O3.C2H4O2/c1-2-25-17(24)14-5-3-4-6-15(14)22-16(23)13-9-7-12(8-10-13)11-21-18(19)20;1-2(3)4/h3-6,12-13H,2,7-11H2,1H3,(H,22,23)(H4,19,20,21);1H3,(H,3,4). The van der Waals surface area contributed by atoms with Gasteiger partial charge >= 0.3 is 5.97 Å². The van der Waals surface area contributed by atoms with Crippen LogP contribution in [-0.2, 0) is 14.3 Å².